The fourth-order valence-electron chi connectivity index (χ4n) is 4.07. The number of benzene rings is 3. The maximum atomic E-state index is 9.95. The van der Waals surface area contributed by atoms with Crippen molar-refractivity contribution in [1.82, 2.24) is 0 Å². The van der Waals surface area contributed by atoms with Crippen LogP contribution in [0.4, 0.5) is 5.69 Å². The molecule has 3 nitrogen and oxygen atoms in total. The minimum atomic E-state index is 0.0668. The highest BCUT2D eigenvalue weighted by Gasteiger charge is 2.38. The Bertz CT molecular complexity index is 934. The average Bonchev–Trinajstić information content (AvgIpc) is 2.59. The zero-order valence-corrected chi connectivity index (χ0v) is 12.9. The van der Waals surface area contributed by atoms with Crippen LogP contribution in [-0.4, -0.2) is 18.4 Å². The van der Waals surface area contributed by atoms with E-state index in [1.165, 1.54) is 16.8 Å². The van der Waals surface area contributed by atoms with Gasteiger partial charge in [0.25, 0.3) is 0 Å². The van der Waals surface area contributed by atoms with Crippen molar-refractivity contribution in [2.75, 3.05) is 11.9 Å². The van der Waals surface area contributed by atoms with Gasteiger partial charge in [-0.2, -0.15) is 0 Å². The monoisotopic (exact) mass is 303 g/mol. The van der Waals surface area contributed by atoms with Crippen LogP contribution in [0.3, 0.4) is 0 Å². The predicted octanol–water partition coefficient (Wildman–Crippen LogP) is 4.24. The third-order valence-corrected chi connectivity index (χ3v) is 5.18. The Hall–Kier alpha value is -2.68. The van der Waals surface area contributed by atoms with E-state index < -0.39 is 0 Å². The molecule has 2 aliphatic heterocycles. The molecule has 0 aromatic heterocycles. The van der Waals surface area contributed by atoms with Crippen molar-refractivity contribution >= 4 is 16.5 Å². The number of anilines is 1. The standard InChI is InChI=1S/C20H17NO2/c1-21-17-5-3-2-4-14(17)16-11-19(21)23-18-9-7-12-6-8-13(22)10-15(12)20(16)18/h2-10,16,19,22H,11H2,1H3. The van der Waals surface area contributed by atoms with Crippen LogP contribution in [0, 0.1) is 0 Å². The predicted molar refractivity (Wildman–Crippen MR) is 91.3 cm³/mol. The third-order valence-electron chi connectivity index (χ3n) is 5.18. The smallest absolute Gasteiger partial charge is 0.173 e. The minimum Gasteiger partial charge on any atom is -0.508 e. The van der Waals surface area contributed by atoms with Crippen LogP contribution < -0.4 is 9.64 Å². The van der Waals surface area contributed by atoms with Crippen LogP contribution in [0.5, 0.6) is 11.5 Å². The Labute approximate surface area is 134 Å². The largest absolute Gasteiger partial charge is 0.508 e. The summed E-state index contributed by atoms with van der Waals surface area (Å²) in [7, 11) is 2.09. The molecule has 0 radical (unpaired) electrons. The lowest BCUT2D eigenvalue weighted by Crippen LogP contribution is -2.44. The first kappa shape index (κ1) is 12.8. The number of para-hydroxylation sites is 1. The highest BCUT2D eigenvalue weighted by Crippen LogP contribution is 2.50. The minimum absolute atomic E-state index is 0.0668. The zero-order valence-electron chi connectivity index (χ0n) is 12.9. The van der Waals surface area contributed by atoms with Crippen molar-refractivity contribution in [3.8, 4) is 11.5 Å². The van der Waals surface area contributed by atoms with Crippen molar-refractivity contribution in [2.24, 2.45) is 0 Å². The number of phenolic OH excluding ortho intramolecular Hbond substituents is 1. The topological polar surface area (TPSA) is 32.7 Å². The lowest BCUT2D eigenvalue weighted by atomic mass is 9.79. The molecule has 23 heavy (non-hydrogen) atoms. The van der Waals surface area contributed by atoms with Gasteiger partial charge in [0.1, 0.15) is 11.5 Å². The summed E-state index contributed by atoms with van der Waals surface area (Å²) in [5, 5.41) is 12.2. The summed E-state index contributed by atoms with van der Waals surface area (Å²) in [6, 6.07) is 18.3. The van der Waals surface area contributed by atoms with E-state index >= 15 is 0 Å². The zero-order chi connectivity index (χ0) is 15.6. The van der Waals surface area contributed by atoms with Crippen molar-refractivity contribution in [1.29, 1.82) is 0 Å². The molecular formula is C20H17NO2. The molecule has 2 unspecified atom stereocenters. The average molecular weight is 303 g/mol. The molecule has 0 saturated carbocycles. The molecule has 114 valence electrons. The SMILES string of the molecule is CN1c2ccccc2C2CC1Oc1ccc3ccc(O)cc3c12. The molecule has 0 saturated heterocycles. The number of phenols is 1. The van der Waals surface area contributed by atoms with Crippen molar-refractivity contribution in [3.05, 3.63) is 65.7 Å². The molecule has 3 heteroatoms. The van der Waals surface area contributed by atoms with Gasteiger partial charge in [-0.3, -0.25) is 0 Å². The first-order chi connectivity index (χ1) is 11.2. The Kier molecular flexibility index (Phi) is 2.46. The summed E-state index contributed by atoms with van der Waals surface area (Å²) in [6.07, 6.45) is 1.01. The fraction of sp³-hybridized carbons (Fsp3) is 0.200. The molecule has 2 aliphatic rings. The molecule has 2 heterocycles. The van der Waals surface area contributed by atoms with Crippen LogP contribution in [0.15, 0.2) is 54.6 Å². The van der Waals surface area contributed by atoms with Gasteiger partial charge in [-0.15, -0.1) is 0 Å². The second-order valence-corrected chi connectivity index (χ2v) is 6.41. The van der Waals surface area contributed by atoms with Gasteiger partial charge >= 0.3 is 0 Å². The highest BCUT2D eigenvalue weighted by atomic mass is 16.5. The Morgan fingerprint density at radius 1 is 1.09 bits per heavy atom. The fourth-order valence-corrected chi connectivity index (χ4v) is 4.07. The summed E-state index contributed by atoms with van der Waals surface area (Å²) in [5.41, 5.74) is 3.78. The van der Waals surface area contributed by atoms with Crippen LogP contribution in [-0.2, 0) is 0 Å². The van der Waals surface area contributed by atoms with Crippen LogP contribution in [0.2, 0.25) is 0 Å². The van der Waals surface area contributed by atoms with E-state index in [4.69, 9.17) is 4.74 Å². The third kappa shape index (κ3) is 1.70. The first-order valence-electron chi connectivity index (χ1n) is 7.96. The Morgan fingerprint density at radius 2 is 1.91 bits per heavy atom. The van der Waals surface area contributed by atoms with Crippen molar-refractivity contribution in [2.45, 2.75) is 18.6 Å². The van der Waals surface area contributed by atoms with Gasteiger partial charge in [0, 0.05) is 30.6 Å². The van der Waals surface area contributed by atoms with Gasteiger partial charge in [0.05, 0.1) is 0 Å². The molecule has 3 aromatic rings. The van der Waals surface area contributed by atoms with E-state index in [0.29, 0.717) is 11.7 Å². The number of hydrogen-bond acceptors (Lipinski definition) is 3. The summed E-state index contributed by atoms with van der Waals surface area (Å²) < 4.78 is 6.26. The first-order valence-corrected chi connectivity index (χ1v) is 7.96. The summed E-state index contributed by atoms with van der Waals surface area (Å²) in [4.78, 5) is 2.22. The molecule has 5 rings (SSSR count). The molecule has 2 bridgehead atoms. The molecule has 2 atom stereocenters. The highest BCUT2D eigenvalue weighted by molar-refractivity contribution is 5.90. The lowest BCUT2D eigenvalue weighted by molar-refractivity contribution is 0.158. The molecule has 0 fully saturated rings. The second kappa shape index (κ2) is 4.42. The molecule has 1 N–H and O–H groups in total. The van der Waals surface area contributed by atoms with E-state index in [2.05, 4.69) is 48.3 Å². The molecular weight excluding hydrogens is 286 g/mol. The van der Waals surface area contributed by atoms with Gasteiger partial charge in [0.15, 0.2) is 6.23 Å². The summed E-state index contributed by atoms with van der Waals surface area (Å²) in [5.74, 6) is 1.54. The van der Waals surface area contributed by atoms with Crippen molar-refractivity contribution < 1.29 is 9.84 Å². The normalized spacial score (nSPS) is 21.5. The molecule has 0 aliphatic carbocycles. The maximum absolute atomic E-state index is 9.95. The van der Waals surface area contributed by atoms with E-state index in [9.17, 15) is 5.11 Å². The number of ether oxygens (including phenoxy) is 1. The number of fused-ring (bicyclic) bond motifs is 8. The molecule has 3 aromatic carbocycles. The van der Waals surface area contributed by atoms with Crippen molar-refractivity contribution in [3.63, 3.8) is 0 Å². The van der Waals surface area contributed by atoms with Gasteiger partial charge in [-0.1, -0.05) is 30.3 Å². The lowest BCUT2D eigenvalue weighted by Gasteiger charge is -2.44. The van der Waals surface area contributed by atoms with Gasteiger partial charge in [-0.05, 0) is 40.6 Å². The number of aromatic hydroxyl groups is 1. The van der Waals surface area contributed by atoms with E-state index in [0.717, 1.165) is 22.9 Å². The van der Waals surface area contributed by atoms with Gasteiger partial charge in [0.2, 0.25) is 0 Å². The summed E-state index contributed by atoms with van der Waals surface area (Å²) >= 11 is 0. The number of hydrogen-bond donors (Lipinski definition) is 1. The molecule has 0 amide bonds. The van der Waals surface area contributed by atoms with Crippen LogP contribution in [0.1, 0.15) is 23.5 Å². The molecule has 0 spiro atoms. The Balaban J connectivity index is 1.84. The van der Waals surface area contributed by atoms with E-state index in [-0.39, 0.29) is 6.23 Å². The Morgan fingerprint density at radius 3 is 2.83 bits per heavy atom. The van der Waals surface area contributed by atoms with E-state index in [1.807, 2.05) is 12.1 Å². The quantitative estimate of drug-likeness (QED) is 0.674. The maximum Gasteiger partial charge on any atom is 0.173 e. The van der Waals surface area contributed by atoms with Crippen LogP contribution in [0.25, 0.3) is 10.8 Å². The van der Waals surface area contributed by atoms with Crippen LogP contribution >= 0.6 is 0 Å². The van der Waals surface area contributed by atoms with E-state index in [1.54, 1.807) is 6.07 Å². The second-order valence-electron chi connectivity index (χ2n) is 6.41. The van der Waals surface area contributed by atoms with Gasteiger partial charge in [-0.25, -0.2) is 0 Å². The number of rotatable bonds is 0. The number of nitrogens with zero attached hydrogens (tertiary/aromatic N) is 1. The summed E-state index contributed by atoms with van der Waals surface area (Å²) in [6.45, 7) is 0. The van der Waals surface area contributed by atoms with Gasteiger partial charge < -0.3 is 14.7 Å².